The van der Waals surface area contributed by atoms with Crippen LogP contribution in [0.1, 0.15) is 42.9 Å². The number of nitrogens with zero attached hydrogens (tertiary/aromatic N) is 5. The molecule has 0 N–H and O–H groups in total. The topological polar surface area (TPSA) is 88.0 Å². The second kappa shape index (κ2) is 5.24. The predicted octanol–water partition coefficient (Wildman–Crippen LogP) is 1.59. The molecule has 6 aliphatic heterocycles. The third-order valence-corrected chi connectivity index (χ3v) is 8.81. The molecule has 2 amide bonds. The lowest BCUT2D eigenvalue weighted by molar-refractivity contribution is -0.162. The number of para-hydroxylation sites is 2. The summed E-state index contributed by atoms with van der Waals surface area (Å²) < 4.78 is 8.52. The van der Waals surface area contributed by atoms with Crippen molar-refractivity contribution < 1.29 is 14.3 Å². The van der Waals surface area contributed by atoms with Crippen molar-refractivity contribution in [3.05, 3.63) is 70.3 Å². The fourth-order valence-electron chi connectivity index (χ4n) is 7.22. The number of anilines is 1. The van der Waals surface area contributed by atoms with Crippen LogP contribution in [0.3, 0.4) is 0 Å². The highest BCUT2D eigenvalue weighted by Gasteiger charge is 2.76. The standard InChI is InChI=1S/C25H19N5O4/c31-19-13-5-1-3-7-15(13)26-18-21-27-12-28-22-25(34-21,11-17(20(27)32)29(18)19)14-6-2-4-8-16(14)30(22)23(33)24(28)9-10-24/h1-8,17,21-22H,9-12H2/t17-,21-,22+,25-/m0/s1. The summed E-state index contributed by atoms with van der Waals surface area (Å²) in [7, 11) is 0. The van der Waals surface area contributed by atoms with Gasteiger partial charge in [0.05, 0.1) is 23.3 Å². The molecule has 1 aliphatic carbocycles. The molecular formula is C25H19N5O4. The van der Waals surface area contributed by atoms with Crippen LogP contribution in [0.25, 0.3) is 10.9 Å². The molecule has 3 saturated heterocycles. The predicted molar refractivity (Wildman–Crippen MR) is 118 cm³/mol. The Balaban J connectivity index is 1.38. The fourth-order valence-corrected chi connectivity index (χ4v) is 7.22. The Morgan fingerprint density at radius 2 is 1.79 bits per heavy atom. The maximum Gasteiger partial charge on any atom is 0.262 e. The van der Waals surface area contributed by atoms with Crippen LogP contribution in [0.15, 0.2) is 53.3 Å². The Morgan fingerprint density at radius 3 is 2.65 bits per heavy atom. The van der Waals surface area contributed by atoms with Crippen LogP contribution in [0.5, 0.6) is 0 Å². The minimum atomic E-state index is -0.930. The van der Waals surface area contributed by atoms with Gasteiger partial charge in [-0.25, -0.2) is 9.88 Å². The number of carbonyl (C=O) groups is 2. The minimum Gasteiger partial charge on any atom is -0.336 e. The average Bonchev–Trinajstić information content (AvgIpc) is 3.61. The number of hydrogen-bond acceptors (Lipinski definition) is 6. The molecule has 1 aromatic heterocycles. The molecule has 168 valence electrons. The highest BCUT2D eigenvalue weighted by Crippen LogP contribution is 2.65. The first-order valence-corrected chi connectivity index (χ1v) is 11.7. The Bertz CT molecular complexity index is 1580. The van der Waals surface area contributed by atoms with Crippen LogP contribution in [-0.2, 0) is 19.9 Å². The molecule has 1 saturated carbocycles. The third kappa shape index (κ3) is 1.66. The zero-order valence-electron chi connectivity index (χ0n) is 18.0. The SMILES string of the molecule is O=C1[C@@H]2C[C@@]34O[C@@H](c5nc6ccccc6c(=O)n52)N1CN1[C@@H]3N(C(=O)C12CC2)c1ccccc14. The molecule has 34 heavy (non-hydrogen) atoms. The van der Waals surface area contributed by atoms with Crippen molar-refractivity contribution in [2.75, 3.05) is 11.6 Å². The van der Waals surface area contributed by atoms with Gasteiger partial charge in [0.1, 0.15) is 23.3 Å². The lowest BCUT2D eigenvalue weighted by atomic mass is 9.85. The third-order valence-electron chi connectivity index (χ3n) is 8.81. The highest BCUT2D eigenvalue weighted by atomic mass is 16.5. The molecule has 7 heterocycles. The van der Waals surface area contributed by atoms with E-state index in [2.05, 4.69) is 4.90 Å². The first kappa shape index (κ1) is 17.9. The Kier molecular flexibility index (Phi) is 2.75. The summed E-state index contributed by atoms with van der Waals surface area (Å²) in [6.07, 6.45) is 0.706. The van der Waals surface area contributed by atoms with E-state index >= 15 is 0 Å². The number of hydrogen-bond donors (Lipinski definition) is 0. The molecule has 2 aromatic carbocycles. The lowest BCUT2D eigenvalue weighted by Gasteiger charge is -2.42. The van der Waals surface area contributed by atoms with Crippen LogP contribution in [0, 0.1) is 0 Å². The first-order valence-electron chi connectivity index (χ1n) is 11.7. The van der Waals surface area contributed by atoms with E-state index in [-0.39, 0.29) is 36.6 Å². The van der Waals surface area contributed by atoms with Gasteiger partial charge in [-0.05, 0) is 31.0 Å². The van der Waals surface area contributed by atoms with Crippen LogP contribution in [-0.4, -0.2) is 49.5 Å². The van der Waals surface area contributed by atoms with Gasteiger partial charge in [0.15, 0.2) is 12.1 Å². The van der Waals surface area contributed by atoms with E-state index < -0.39 is 23.4 Å². The van der Waals surface area contributed by atoms with Crippen molar-refractivity contribution >= 4 is 28.4 Å². The van der Waals surface area contributed by atoms with Gasteiger partial charge in [0.2, 0.25) is 11.8 Å². The van der Waals surface area contributed by atoms with Crippen molar-refractivity contribution in [3.63, 3.8) is 0 Å². The molecule has 9 heteroatoms. The molecule has 0 radical (unpaired) electrons. The second-order valence-corrected chi connectivity index (χ2v) is 10.3. The molecule has 10 rings (SSSR count). The van der Waals surface area contributed by atoms with Crippen LogP contribution in [0.2, 0.25) is 0 Å². The highest BCUT2D eigenvalue weighted by molar-refractivity contribution is 6.07. The maximum atomic E-state index is 13.9. The normalized spacial score (nSPS) is 33.4. The summed E-state index contributed by atoms with van der Waals surface area (Å²) in [6.45, 7) is 0.283. The molecule has 7 aliphatic rings. The van der Waals surface area contributed by atoms with Crippen molar-refractivity contribution in [1.82, 2.24) is 19.4 Å². The molecule has 9 nitrogen and oxygen atoms in total. The Morgan fingerprint density at radius 1 is 1.00 bits per heavy atom. The van der Waals surface area contributed by atoms with E-state index in [1.807, 2.05) is 47.4 Å². The zero-order chi connectivity index (χ0) is 22.6. The van der Waals surface area contributed by atoms with Gasteiger partial charge in [-0.15, -0.1) is 0 Å². The van der Waals surface area contributed by atoms with Gasteiger partial charge in [0.25, 0.3) is 5.56 Å². The van der Waals surface area contributed by atoms with E-state index in [9.17, 15) is 14.4 Å². The average molecular weight is 453 g/mol. The number of rotatable bonds is 0. The van der Waals surface area contributed by atoms with Gasteiger partial charge < -0.3 is 4.74 Å². The van der Waals surface area contributed by atoms with Crippen LogP contribution < -0.4 is 10.5 Å². The van der Waals surface area contributed by atoms with Gasteiger partial charge in [-0.1, -0.05) is 30.3 Å². The summed E-state index contributed by atoms with van der Waals surface area (Å²) >= 11 is 0. The van der Waals surface area contributed by atoms with Crippen molar-refractivity contribution in [2.45, 2.75) is 48.8 Å². The van der Waals surface area contributed by atoms with Gasteiger partial charge in [-0.2, -0.15) is 0 Å². The second-order valence-electron chi connectivity index (χ2n) is 10.3. The zero-order valence-corrected chi connectivity index (χ0v) is 18.0. The quantitative estimate of drug-likeness (QED) is 0.514. The van der Waals surface area contributed by atoms with E-state index in [1.165, 1.54) is 0 Å². The maximum absolute atomic E-state index is 13.9. The largest absolute Gasteiger partial charge is 0.336 e. The monoisotopic (exact) mass is 453 g/mol. The molecular weight excluding hydrogens is 434 g/mol. The van der Waals surface area contributed by atoms with Crippen molar-refractivity contribution in [1.29, 1.82) is 0 Å². The first-order chi connectivity index (χ1) is 16.6. The number of aromatic nitrogens is 2. The number of carbonyl (C=O) groups excluding carboxylic acids is 2. The number of fused-ring (bicyclic) bond motifs is 4. The van der Waals surface area contributed by atoms with Gasteiger partial charge >= 0.3 is 0 Å². The van der Waals surface area contributed by atoms with Gasteiger partial charge in [-0.3, -0.25) is 28.8 Å². The summed E-state index contributed by atoms with van der Waals surface area (Å²) in [5, 5.41) is 0.493. The number of ether oxygens (including phenoxy) is 1. The molecule has 3 aromatic rings. The lowest BCUT2D eigenvalue weighted by Crippen LogP contribution is -2.58. The molecule has 2 spiro atoms. The van der Waals surface area contributed by atoms with E-state index in [0.717, 1.165) is 24.1 Å². The summed E-state index contributed by atoms with van der Waals surface area (Å²) in [6, 6.07) is 14.4. The minimum absolute atomic E-state index is 0.0949. The summed E-state index contributed by atoms with van der Waals surface area (Å²) in [5.74, 6) is 0.425. The smallest absolute Gasteiger partial charge is 0.262 e. The number of amides is 2. The molecule has 4 fully saturated rings. The van der Waals surface area contributed by atoms with E-state index in [1.54, 1.807) is 15.5 Å². The molecule has 4 bridgehead atoms. The summed E-state index contributed by atoms with van der Waals surface area (Å²) in [5.41, 5.74) is 0.641. The fraction of sp³-hybridized carbons (Fsp3) is 0.360. The summed E-state index contributed by atoms with van der Waals surface area (Å²) in [4.78, 5) is 51.9. The van der Waals surface area contributed by atoms with Crippen LogP contribution in [0.4, 0.5) is 5.69 Å². The number of benzene rings is 2. The Hall–Kier alpha value is -3.56. The van der Waals surface area contributed by atoms with E-state index in [0.29, 0.717) is 16.7 Å². The van der Waals surface area contributed by atoms with Crippen molar-refractivity contribution in [2.24, 2.45) is 0 Å². The van der Waals surface area contributed by atoms with Gasteiger partial charge in [0, 0.05) is 12.0 Å². The van der Waals surface area contributed by atoms with Crippen LogP contribution >= 0.6 is 0 Å². The van der Waals surface area contributed by atoms with E-state index in [4.69, 9.17) is 9.72 Å². The van der Waals surface area contributed by atoms with Crippen molar-refractivity contribution in [3.8, 4) is 0 Å². The Labute approximate surface area is 193 Å². The molecule has 4 atom stereocenters. The molecule has 0 unspecified atom stereocenters.